The van der Waals surface area contributed by atoms with E-state index in [1.165, 1.54) is 0 Å². The molecule has 33 heavy (non-hydrogen) atoms. The summed E-state index contributed by atoms with van der Waals surface area (Å²) in [7, 11) is -1.54. The second-order valence-corrected chi connectivity index (χ2v) is 16.1. The predicted molar refractivity (Wildman–Crippen MR) is 137 cm³/mol. The first-order valence-corrected chi connectivity index (χ1v) is 15.2. The molecule has 1 aliphatic carbocycles. The molecule has 4 aromatic rings. The fourth-order valence-corrected chi connectivity index (χ4v) is 5.74. The average Bonchev–Trinajstić information content (AvgIpc) is 3.19. The third-order valence-electron chi connectivity index (χ3n) is 7.04. The summed E-state index contributed by atoms with van der Waals surface area (Å²) < 4.78 is 16.0. The van der Waals surface area contributed by atoms with Crippen molar-refractivity contribution in [3.63, 3.8) is 0 Å². The Morgan fingerprint density at radius 1 is 1.03 bits per heavy atom. The first-order chi connectivity index (χ1) is 16.0. The van der Waals surface area contributed by atoms with Gasteiger partial charge in [0.05, 0.1) is 23.5 Å². The fraction of sp³-hybridized carbons (Fsp3) is 0.393. The van der Waals surface area contributed by atoms with Gasteiger partial charge in [0.1, 0.15) is 19.2 Å². The van der Waals surface area contributed by atoms with E-state index >= 15 is 0 Å². The lowest BCUT2D eigenvalue weighted by molar-refractivity contribution is 0.224. The molecule has 0 unspecified atom stereocenters. The molecule has 2 aromatic carbocycles. The van der Waals surface area contributed by atoms with E-state index in [1.807, 2.05) is 42.7 Å². The fourth-order valence-electron chi connectivity index (χ4n) is 4.84. The van der Waals surface area contributed by atoms with Crippen LogP contribution in [-0.2, 0) is 0 Å². The van der Waals surface area contributed by atoms with Gasteiger partial charge in [-0.1, -0.05) is 45.6 Å². The normalized spacial score (nSPS) is 18.2. The van der Waals surface area contributed by atoms with Crippen molar-refractivity contribution >= 4 is 35.3 Å². The van der Waals surface area contributed by atoms with Crippen LogP contribution in [0.2, 0.25) is 19.6 Å². The van der Waals surface area contributed by atoms with E-state index in [9.17, 15) is 6.63 Å². The van der Waals surface area contributed by atoms with E-state index in [0.29, 0.717) is 11.1 Å². The highest BCUT2D eigenvalue weighted by Crippen LogP contribution is 2.47. The topological polar surface area (TPSA) is 62.7 Å². The first-order valence-electron chi connectivity index (χ1n) is 12.2. The van der Waals surface area contributed by atoms with Gasteiger partial charge in [0.2, 0.25) is 0 Å². The van der Waals surface area contributed by atoms with Crippen LogP contribution in [0, 0.1) is 16.7 Å². The Morgan fingerprint density at radius 3 is 2.39 bits per heavy atom. The molecule has 0 amide bonds. The zero-order valence-electron chi connectivity index (χ0n) is 21.1. The van der Waals surface area contributed by atoms with Crippen molar-refractivity contribution in [2.45, 2.75) is 65.1 Å². The van der Waals surface area contributed by atoms with E-state index in [-0.39, 0.29) is 5.41 Å². The molecule has 0 saturated heterocycles. The minimum atomic E-state index is -1.54. The van der Waals surface area contributed by atoms with E-state index < -0.39 is 14.0 Å². The van der Waals surface area contributed by atoms with Gasteiger partial charge in [-0.15, -0.1) is 0 Å². The van der Waals surface area contributed by atoms with Crippen LogP contribution in [-0.4, -0.2) is 18.0 Å². The molecule has 168 valence electrons. The molecule has 0 radical (unpaired) electrons. The highest BCUT2D eigenvalue weighted by molar-refractivity contribution is 6.88. The Morgan fingerprint density at radius 2 is 1.76 bits per heavy atom. The Labute approximate surface area is 198 Å². The molecule has 4 nitrogen and oxygen atoms in total. The average molecular weight is 455 g/mol. The molecule has 0 N–H and O–H groups in total. The lowest BCUT2D eigenvalue weighted by Crippen LogP contribution is -2.40. The summed E-state index contributed by atoms with van der Waals surface area (Å²) in [5, 5.41) is 12.9. The summed E-state index contributed by atoms with van der Waals surface area (Å²) in [6.07, 6.45) is 7.10. The van der Waals surface area contributed by atoms with E-state index in [0.717, 1.165) is 64.2 Å². The number of nitriles is 1. The van der Waals surface area contributed by atoms with Gasteiger partial charge in [-0.25, -0.2) is 0 Å². The number of para-hydroxylation sites is 1. The van der Waals surface area contributed by atoms with Crippen molar-refractivity contribution in [3.05, 3.63) is 53.9 Å². The molecular weight excluding hydrogens is 422 g/mol. The molecule has 1 fully saturated rings. The van der Waals surface area contributed by atoms with Crippen LogP contribution in [0.1, 0.15) is 57.9 Å². The molecule has 2 aromatic heterocycles. The van der Waals surface area contributed by atoms with Crippen molar-refractivity contribution < 1.29 is 5.79 Å². The third-order valence-corrected chi connectivity index (χ3v) is 8.84. The zero-order valence-corrected chi connectivity index (χ0v) is 21.1. The smallest absolute Gasteiger partial charge is 0.144 e. The second-order valence-electron chi connectivity index (χ2n) is 11.1. The molecule has 0 atom stereocenters. The Bertz CT molecular complexity index is 1430. The predicted octanol–water partition coefficient (Wildman–Crippen LogP) is 7.14. The number of nitrogens with zero attached hydrogens (tertiary/aromatic N) is 3. The van der Waals surface area contributed by atoms with E-state index in [4.69, 9.17) is 14.4 Å². The maximum Gasteiger partial charge on any atom is 0.144 e. The molecule has 0 spiro atoms. The summed E-state index contributed by atoms with van der Waals surface area (Å²) in [6, 6.07) is 12.2. The summed E-state index contributed by atoms with van der Waals surface area (Å²) in [4.78, 5) is 9.45. The molecule has 5 heteroatoms. The quantitative estimate of drug-likeness (QED) is 0.309. The van der Waals surface area contributed by atoms with Crippen LogP contribution in [0.25, 0.3) is 33.2 Å². The molecule has 2 heterocycles. The SMILES string of the molecule is [2H]C1(c2c(C#N)ccc3c2oc2c(-c4cnc([Si](C)(C)C)cn4)cccc23)CCC(C)(C)CC1. The lowest BCUT2D eigenvalue weighted by atomic mass is 9.70. The third kappa shape index (κ3) is 3.87. The number of fused-ring (bicyclic) bond motifs is 3. The minimum absolute atomic E-state index is 0.229. The largest absolute Gasteiger partial charge is 0.455 e. The Kier molecular flexibility index (Phi) is 4.88. The number of hydrogen-bond donors (Lipinski definition) is 0. The molecule has 1 saturated carbocycles. The number of benzene rings is 2. The van der Waals surface area contributed by atoms with Gasteiger partial charge in [0.15, 0.2) is 0 Å². The maximum atomic E-state index is 9.93. The van der Waals surface area contributed by atoms with Gasteiger partial charge < -0.3 is 4.42 Å². The number of rotatable bonds is 3. The van der Waals surface area contributed by atoms with Crippen molar-refractivity contribution in [2.75, 3.05) is 0 Å². The van der Waals surface area contributed by atoms with Gasteiger partial charge in [0, 0.05) is 34.8 Å². The lowest BCUT2D eigenvalue weighted by Gasteiger charge is -2.34. The summed E-state index contributed by atoms with van der Waals surface area (Å²) in [5.41, 5.74) is 4.58. The molecule has 5 rings (SSSR count). The van der Waals surface area contributed by atoms with Crippen LogP contribution in [0.15, 0.2) is 47.1 Å². The van der Waals surface area contributed by atoms with Gasteiger partial charge in [-0.3, -0.25) is 9.97 Å². The van der Waals surface area contributed by atoms with Crippen LogP contribution >= 0.6 is 0 Å². The molecule has 1 aliphatic rings. The highest BCUT2D eigenvalue weighted by Gasteiger charge is 2.31. The molecule has 0 bridgehead atoms. The zero-order chi connectivity index (χ0) is 24.3. The van der Waals surface area contributed by atoms with Crippen molar-refractivity contribution in [1.82, 2.24) is 9.97 Å². The Balaban J connectivity index is 1.71. The summed E-state index contributed by atoms with van der Waals surface area (Å²) >= 11 is 0. The summed E-state index contributed by atoms with van der Waals surface area (Å²) in [6.45, 7) is 11.3. The molecule has 0 aliphatic heterocycles. The van der Waals surface area contributed by atoms with Crippen molar-refractivity contribution in [2.24, 2.45) is 5.41 Å². The van der Waals surface area contributed by atoms with Crippen LogP contribution in [0.3, 0.4) is 0 Å². The highest BCUT2D eigenvalue weighted by atomic mass is 28.3. The minimum Gasteiger partial charge on any atom is -0.455 e. The van der Waals surface area contributed by atoms with Crippen LogP contribution in [0.5, 0.6) is 0 Å². The summed E-state index contributed by atoms with van der Waals surface area (Å²) in [5.74, 6) is -0.826. The van der Waals surface area contributed by atoms with E-state index in [2.05, 4.69) is 39.6 Å². The monoisotopic (exact) mass is 454 g/mol. The molecular formula is C28H31N3OSi. The first kappa shape index (κ1) is 20.6. The van der Waals surface area contributed by atoms with Crippen molar-refractivity contribution in [3.8, 4) is 17.3 Å². The van der Waals surface area contributed by atoms with Gasteiger partial charge >= 0.3 is 0 Å². The number of furan rings is 1. The maximum absolute atomic E-state index is 9.93. The van der Waals surface area contributed by atoms with Gasteiger partial charge in [-0.05, 0) is 55.2 Å². The van der Waals surface area contributed by atoms with Gasteiger partial charge in [0.25, 0.3) is 0 Å². The van der Waals surface area contributed by atoms with Gasteiger partial charge in [-0.2, -0.15) is 5.26 Å². The standard InChI is InChI=1S/C28H31N3OSi/c1-28(2)13-11-18(12-14-28)25-19(15-29)9-10-21-20-7-6-8-22(26(20)32-27(21)25)23-16-31-24(17-30-23)33(3,4)5/h6-10,16-18H,11-14H2,1-5H3/i18D. The number of hydrogen-bond acceptors (Lipinski definition) is 4. The number of aromatic nitrogens is 2. The second kappa shape index (κ2) is 7.81. The van der Waals surface area contributed by atoms with Crippen LogP contribution in [0.4, 0.5) is 0 Å². The Hall–Kier alpha value is -2.97. The van der Waals surface area contributed by atoms with E-state index in [1.54, 1.807) is 0 Å². The van der Waals surface area contributed by atoms with Crippen molar-refractivity contribution in [1.29, 1.82) is 5.26 Å². The van der Waals surface area contributed by atoms with Crippen LogP contribution < -0.4 is 5.32 Å².